The lowest BCUT2D eigenvalue weighted by Crippen LogP contribution is -2.18. The van der Waals surface area contributed by atoms with Crippen LogP contribution in [0.5, 0.6) is 0 Å². The molecule has 1 aliphatic rings. The number of rotatable bonds is 2. The zero-order chi connectivity index (χ0) is 15.0. The van der Waals surface area contributed by atoms with Crippen molar-refractivity contribution in [2.75, 3.05) is 0 Å². The van der Waals surface area contributed by atoms with E-state index in [0.717, 1.165) is 0 Å². The van der Waals surface area contributed by atoms with Gasteiger partial charge in [0.25, 0.3) is 0 Å². The lowest BCUT2D eigenvalue weighted by atomic mass is 9.71. The van der Waals surface area contributed by atoms with Crippen molar-refractivity contribution in [3.8, 4) is 0 Å². The molecule has 1 unspecified atom stereocenters. The van der Waals surface area contributed by atoms with Crippen molar-refractivity contribution in [2.45, 2.75) is 38.5 Å². The second-order valence-electron chi connectivity index (χ2n) is 6.28. The van der Waals surface area contributed by atoms with E-state index in [1.54, 1.807) is 0 Å². The van der Waals surface area contributed by atoms with Gasteiger partial charge in [0.05, 0.1) is 10.0 Å². The summed E-state index contributed by atoms with van der Waals surface area (Å²) in [4.78, 5) is 0. The Morgan fingerprint density at radius 2 is 1.62 bits per heavy atom. The predicted octanol–water partition coefficient (Wildman–Crippen LogP) is 6.66. The Morgan fingerprint density at radius 3 is 2.29 bits per heavy atom. The van der Waals surface area contributed by atoms with Gasteiger partial charge in [0, 0.05) is 5.92 Å². The molecule has 2 heteroatoms. The zero-order valence-corrected chi connectivity index (χ0v) is 14.0. The summed E-state index contributed by atoms with van der Waals surface area (Å²) in [5.41, 5.74) is 4.25. The molecule has 0 aromatic heterocycles. The molecular formula is C19H20Cl2. The average Bonchev–Trinajstić information content (AvgIpc) is 2.49. The smallest absolute Gasteiger partial charge is 0.0595 e. The molecule has 2 aromatic carbocycles. The van der Waals surface area contributed by atoms with E-state index in [0.29, 0.717) is 27.8 Å². The van der Waals surface area contributed by atoms with Crippen molar-refractivity contribution < 1.29 is 0 Å². The maximum Gasteiger partial charge on any atom is 0.0595 e. The summed E-state index contributed by atoms with van der Waals surface area (Å²) in [5, 5.41) is 1.28. The van der Waals surface area contributed by atoms with Crippen LogP contribution in [0.15, 0.2) is 42.5 Å². The Bertz CT molecular complexity index is 646. The van der Waals surface area contributed by atoms with Crippen molar-refractivity contribution in [3.63, 3.8) is 0 Å². The van der Waals surface area contributed by atoms with Crippen LogP contribution in [0.3, 0.4) is 0 Å². The molecule has 110 valence electrons. The summed E-state index contributed by atoms with van der Waals surface area (Å²) in [5.74, 6) is 1.78. The molecule has 0 saturated carbocycles. The molecule has 0 radical (unpaired) electrons. The molecule has 21 heavy (non-hydrogen) atoms. The minimum atomic E-state index is 0.436. The molecule has 3 rings (SSSR count). The molecule has 0 amide bonds. The fourth-order valence-corrected chi connectivity index (χ4v) is 3.90. The fraction of sp³-hybridized carbons (Fsp3) is 0.368. The van der Waals surface area contributed by atoms with Crippen molar-refractivity contribution >= 4 is 23.2 Å². The third-order valence-electron chi connectivity index (χ3n) is 4.69. The van der Waals surface area contributed by atoms with Gasteiger partial charge in [0.15, 0.2) is 0 Å². The van der Waals surface area contributed by atoms with Crippen LogP contribution in [0, 0.1) is 5.92 Å². The lowest BCUT2D eigenvalue weighted by Gasteiger charge is -2.34. The predicted molar refractivity (Wildman–Crippen MR) is 91.6 cm³/mol. The summed E-state index contributed by atoms with van der Waals surface area (Å²) < 4.78 is 0. The van der Waals surface area contributed by atoms with E-state index in [4.69, 9.17) is 23.2 Å². The summed E-state index contributed by atoms with van der Waals surface area (Å²) in [7, 11) is 0. The first-order chi connectivity index (χ1) is 10.1. The van der Waals surface area contributed by atoms with E-state index >= 15 is 0 Å². The fourth-order valence-electron chi connectivity index (χ4n) is 3.59. The van der Waals surface area contributed by atoms with Gasteiger partial charge < -0.3 is 0 Å². The molecule has 0 N–H and O–H groups in total. The molecular weight excluding hydrogens is 299 g/mol. The quantitative estimate of drug-likeness (QED) is 0.580. The van der Waals surface area contributed by atoms with Crippen LogP contribution in [0.2, 0.25) is 10.0 Å². The van der Waals surface area contributed by atoms with Crippen molar-refractivity contribution in [1.82, 2.24) is 0 Å². The van der Waals surface area contributed by atoms with Gasteiger partial charge in [0.2, 0.25) is 0 Å². The van der Waals surface area contributed by atoms with Gasteiger partial charge in [-0.3, -0.25) is 0 Å². The Hall–Kier alpha value is -0.980. The first kappa shape index (κ1) is 14.9. The zero-order valence-electron chi connectivity index (χ0n) is 12.4. The number of benzene rings is 2. The standard InChI is InChI=1S/C19H20Cl2/c1-12(2)14-8-9-15(17-6-4-3-5-16(14)17)13-7-10-18(20)19(21)11-13/h3-7,10-12,14-15H,8-9H2,1-2H3/t14?,15-/m0/s1. The Morgan fingerprint density at radius 1 is 0.905 bits per heavy atom. The highest BCUT2D eigenvalue weighted by Crippen LogP contribution is 2.45. The first-order valence-electron chi connectivity index (χ1n) is 7.61. The second-order valence-corrected chi connectivity index (χ2v) is 7.10. The van der Waals surface area contributed by atoms with Crippen LogP contribution in [0.1, 0.15) is 55.2 Å². The van der Waals surface area contributed by atoms with E-state index in [2.05, 4.69) is 44.2 Å². The maximum atomic E-state index is 6.21. The van der Waals surface area contributed by atoms with Crippen LogP contribution >= 0.6 is 23.2 Å². The van der Waals surface area contributed by atoms with Crippen LogP contribution < -0.4 is 0 Å². The van der Waals surface area contributed by atoms with Crippen molar-refractivity contribution in [2.24, 2.45) is 5.92 Å². The third kappa shape index (κ3) is 2.84. The molecule has 0 fully saturated rings. The van der Waals surface area contributed by atoms with Crippen molar-refractivity contribution in [3.05, 3.63) is 69.2 Å². The van der Waals surface area contributed by atoms with Gasteiger partial charge in [0.1, 0.15) is 0 Å². The number of hydrogen-bond acceptors (Lipinski definition) is 0. The van der Waals surface area contributed by atoms with Crippen LogP contribution in [-0.4, -0.2) is 0 Å². The molecule has 0 nitrogen and oxygen atoms in total. The average molecular weight is 319 g/mol. The molecule has 0 aliphatic heterocycles. The van der Waals surface area contributed by atoms with Gasteiger partial charge in [-0.15, -0.1) is 0 Å². The van der Waals surface area contributed by atoms with Crippen LogP contribution in [0.25, 0.3) is 0 Å². The number of halogens is 2. The van der Waals surface area contributed by atoms with Gasteiger partial charge in [-0.25, -0.2) is 0 Å². The highest BCUT2D eigenvalue weighted by molar-refractivity contribution is 6.42. The van der Waals surface area contributed by atoms with Crippen LogP contribution in [-0.2, 0) is 0 Å². The number of fused-ring (bicyclic) bond motifs is 1. The van der Waals surface area contributed by atoms with Gasteiger partial charge in [-0.1, -0.05) is 67.4 Å². The second kappa shape index (κ2) is 6.02. The van der Waals surface area contributed by atoms with E-state index in [9.17, 15) is 0 Å². The minimum Gasteiger partial charge on any atom is -0.0827 e. The monoisotopic (exact) mass is 318 g/mol. The highest BCUT2D eigenvalue weighted by Gasteiger charge is 2.29. The third-order valence-corrected chi connectivity index (χ3v) is 5.43. The van der Waals surface area contributed by atoms with Gasteiger partial charge in [-0.2, -0.15) is 0 Å². The highest BCUT2D eigenvalue weighted by atomic mass is 35.5. The Balaban J connectivity index is 2.05. The molecule has 0 bridgehead atoms. The van der Waals surface area contributed by atoms with Crippen molar-refractivity contribution in [1.29, 1.82) is 0 Å². The molecule has 0 saturated heterocycles. The normalized spacial score (nSPS) is 21.4. The molecule has 0 spiro atoms. The van der Waals surface area contributed by atoms with Gasteiger partial charge in [-0.05, 0) is 53.5 Å². The molecule has 2 atom stereocenters. The maximum absolute atomic E-state index is 6.21. The van der Waals surface area contributed by atoms with E-state index in [1.807, 2.05) is 12.1 Å². The first-order valence-corrected chi connectivity index (χ1v) is 8.37. The molecule has 1 aliphatic carbocycles. The number of hydrogen-bond donors (Lipinski definition) is 0. The Labute approximate surface area is 137 Å². The van der Waals surface area contributed by atoms with E-state index in [-0.39, 0.29) is 0 Å². The van der Waals surface area contributed by atoms with E-state index < -0.39 is 0 Å². The van der Waals surface area contributed by atoms with Crippen LogP contribution in [0.4, 0.5) is 0 Å². The summed E-state index contributed by atoms with van der Waals surface area (Å²) in [6.45, 7) is 4.64. The largest absolute Gasteiger partial charge is 0.0827 e. The topological polar surface area (TPSA) is 0 Å². The van der Waals surface area contributed by atoms with E-state index in [1.165, 1.54) is 29.5 Å². The lowest BCUT2D eigenvalue weighted by molar-refractivity contribution is 0.417. The summed E-state index contributed by atoms with van der Waals surface area (Å²) in [6.07, 6.45) is 2.41. The minimum absolute atomic E-state index is 0.436. The Kier molecular flexibility index (Phi) is 4.28. The molecule has 0 heterocycles. The molecule has 2 aromatic rings. The summed E-state index contributed by atoms with van der Waals surface area (Å²) >= 11 is 12.3. The SMILES string of the molecule is CC(C)C1CC[C@@H](c2ccc(Cl)c(Cl)c2)c2ccccc21. The summed E-state index contributed by atoms with van der Waals surface area (Å²) in [6, 6.07) is 14.9. The van der Waals surface area contributed by atoms with Gasteiger partial charge >= 0.3 is 0 Å².